The van der Waals surface area contributed by atoms with Crippen molar-refractivity contribution in [1.29, 1.82) is 0 Å². The molecule has 1 unspecified atom stereocenters. The topological polar surface area (TPSA) is 51.9 Å². The molecule has 0 radical (unpaired) electrons. The van der Waals surface area contributed by atoms with Gasteiger partial charge in [-0.15, -0.1) is 0 Å². The summed E-state index contributed by atoms with van der Waals surface area (Å²) >= 11 is 0. The monoisotopic (exact) mass is 234 g/mol. The Morgan fingerprint density at radius 1 is 1.35 bits per heavy atom. The third-order valence-electron chi connectivity index (χ3n) is 3.30. The van der Waals surface area contributed by atoms with E-state index in [-0.39, 0.29) is 11.7 Å². The molecule has 0 saturated carbocycles. The van der Waals surface area contributed by atoms with Crippen LogP contribution in [0.15, 0.2) is 16.9 Å². The summed E-state index contributed by atoms with van der Waals surface area (Å²) in [7, 11) is 0. The molecule has 0 aromatic carbocycles. The van der Waals surface area contributed by atoms with E-state index in [0.29, 0.717) is 5.92 Å². The summed E-state index contributed by atoms with van der Waals surface area (Å²) in [5, 5.41) is 0. The SMILES string of the molecule is CCC(C)n1c(=O)[nH]c2ccc(C(C)C)[nH+]c21. The van der Waals surface area contributed by atoms with E-state index in [2.05, 4.69) is 37.7 Å². The molecule has 2 heterocycles. The van der Waals surface area contributed by atoms with Gasteiger partial charge in [-0.1, -0.05) is 20.8 Å². The van der Waals surface area contributed by atoms with Crippen LogP contribution >= 0.6 is 0 Å². The number of imidazole rings is 1. The molecule has 0 spiro atoms. The second-order valence-corrected chi connectivity index (χ2v) is 4.89. The van der Waals surface area contributed by atoms with Gasteiger partial charge in [0.25, 0.3) is 0 Å². The lowest BCUT2D eigenvalue weighted by atomic mass is 10.1. The zero-order chi connectivity index (χ0) is 12.6. The average Bonchev–Trinajstić information content (AvgIpc) is 2.62. The molecule has 0 bridgehead atoms. The van der Waals surface area contributed by atoms with Crippen LogP contribution in [-0.2, 0) is 0 Å². The van der Waals surface area contributed by atoms with Crippen LogP contribution < -0.4 is 10.7 Å². The van der Waals surface area contributed by atoms with E-state index in [1.54, 1.807) is 4.57 Å². The summed E-state index contributed by atoms with van der Waals surface area (Å²) in [6.45, 7) is 8.42. The Bertz CT molecular complexity index is 580. The zero-order valence-electron chi connectivity index (χ0n) is 10.9. The molecule has 17 heavy (non-hydrogen) atoms. The second-order valence-electron chi connectivity index (χ2n) is 4.89. The van der Waals surface area contributed by atoms with Crippen molar-refractivity contribution in [3.05, 3.63) is 28.3 Å². The highest BCUT2D eigenvalue weighted by atomic mass is 16.1. The van der Waals surface area contributed by atoms with E-state index in [0.717, 1.165) is 23.3 Å². The normalized spacial score (nSPS) is 13.5. The minimum absolute atomic E-state index is 0.0356. The first-order chi connectivity index (χ1) is 8.04. The Morgan fingerprint density at radius 3 is 2.65 bits per heavy atom. The van der Waals surface area contributed by atoms with E-state index in [4.69, 9.17) is 0 Å². The molecular weight excluding hydrogens is 214 g/mol. The summed E-state index contributed by atoms with van der Waals surface area (Å²) < 4.78 is 1.81. The Hall–Kier alpha value is -1.58. The third kappa shape index (κ3) is 1.99. The molecule has 0 fully saturated rings. The molecular formula is C13H20N3O+. The van der Waals surface area contributed by atoms with E-state index in [1.807, 2.05) is 12.1 Å². The zero-order valence-corrected chi connectivity index (χ0v) is 10.9. The molecule has 2 rings (SSSR count). The van der Waals surface area contributed by atoms with Crippen molar-refractivity contribution in [1.82, 2.24) is 9.55 Å². The van der Waals surface area contributed by atoms with Gasteiger partial charge in [-0.2, -0.15) is 4.57 Å². The maximum Gasteiger partial charge on any atom is 0.413 e. The first-order valence-electron chi connectivity index (χ1n) is 6.21. The predicted molar refractivity (Wildman–Crippen MR) is 68.2 cm³/mol. The van der Waals surface area contributed by atoms with Gasteiger partial charge in [0, 0.05) is 5.92 Å². The van der Waals surface area contributed by atoms with Gasteiger partial charge in [0.2, 0.25) is 0 Å². The smallest absolute Gasteiger partial charge is 0.280 e. The molecule has 4 nitrogen and oxygen atoms in total. The van der Waals surface area contributed by atoms with Gasteiger partial charge in [-0.25, -0.2) is 9.78 Å². The van der Waals surface area contributed by atoms with Crippen molar-refractivity contribution < 1.29 is 4.98 Å². The largest absolute Gasteiger partial charge is 0.413 e. The van der Waals surface area contributed by atoms with Crippen LogP contribution in [0.1, 0.15) is 51.8 Å². The van der Waals surface area contributed by atoms with Crippen LogP contribution in [0.4, 0.5) is 0 Å². The molecule has 2 aromatic rings. The second kappa shape index (κ2) is 4.35. The fourth-order valence-corrected chi connectivity index (χ4v) is 2.01. The number of aromatic nitrogens is 3. The highest BCUT2D eigenvalue weighted by molar-refractivity contribution is 5.67. The van der Waals surface area contributed by atoms with Crippen molar-refractivity contribution in [3.63, 3.8) is 0 Å². The summed E-state index contributed by atoms with van der Waals surface area (Å²) in [4.78, 5) is 18.2. The van der Waals surface area contributed by atoms with Gasteiger partial charge >= 0.3 is 11.3 Å². The Balaban J connectivity index is 2.69. The molecule has 0 aliphatic carbocycles. The molecule has 0 amide bonds. The minimum atomic E-state index is -0.0356. The van der Waals surface area contributed by atoms with Crippen LogP contribution in [0.2, 0.25) is 0 Å². The molecule has 2 N–H and O–H groups in total. The predicted octanol–water partition coefficient (Wildman–Crippen LogP) is 2.24. The lowest BCUT2D eigenvalue weighted by Crippen LogP contribution is -2.24. The molecule has 4 heteroatoms. The van der Waals surface area contributed by atoms with Crippen molar-refractivity contribution in [2.45, 2.75) is 46.1 Å². The molecule has 0 saturated heterocycles. The number of rotatable bonds is 3. The Morgan fingerprint density at radius 2 is 2.06 bits per heavy atom. The number of pyridine rings is 1. The number of hydrogen-bond donors (Lipinski definition) is 1. The van der Waals surface area contributed by atoms with Gasteiger partial charge in [-0.05, 0) is 25.5 Å². The van der Waals surface area contributed by atoms with Crippen LogP contribution in [0, 0.1) is 0 Å². The van der Waals surface area contributed by atoms with E-state index >= 15 is 0 Å². The quantitative estimate of drug-likeness (QED) is 0.870. The number of nitrogens with zero attached hydrogens (tertiary/aromatic N) is 1. The van der Waals surface area contributed by atoms with Crippen molar-refractivity contribution >= 4 is 11.2 Å². The van der Waals surface area contributed by atoms with Gasteiger partial charge in [0.05, 0.1) is 0 Å². The fourth-order valence-electron chi connectivity index (χ4n) is 2.01. The third-order valence-corrected chi connectivity index (χ3v) is 3.30. The standard InChI is InChI=1S/C13H19N3O/c1-5-9(4)16-12-11(15-13(16)17)7-6-10(14-12)8(2)3/h6-9H,5H2,1-4H3,(H,15,17)/p+1. The van der Waals surface area contributed by atoms with E-state index in [9.17, 15) is 4.79 Å². The summed E-state index contributed by atoms with van der Waals surface area (Å²) in [5.74, 6) is 0.426. The van der Waals surface area contributed by atoms with E-state index in [1.165, 1.54) is 0 Å². The number of hydrogen-bond acceptors (Lipinski definition) is 1. The van der Waals surface area contributed by atoms with Gasteiger partial charge in [0.1, 0.15) is 17.3 Å². The minimum Gasteiger partial charge on any atom is -0.280 e. The van der Waals surface area contributed by atoms with Crippen LogP contribution in [-0.4, -0.2) is 9.55 Å². The first-order valence-corrected chi connectivity index (χ1v) is 6.21. The molecule has 0 aliphatic heterocycles. The van der Waals surface area contributed by atoms with Gasteiger partial charge in [0.15, 0.2) is 0 Å². The molecule has 92 valence electrons. The maximum atomic E-state index is 11.9. The number of fused-ring (bicyclic) bond motifs is 1. The van der Waals surface area contributed by atoms with E-state index < -0.39 is 0 Å². The average molecular weight is 234 g/mol. The number of H-pyrrole nitrogens is 2. The van der Waals surface area contributed by atoms with Crippen molar-refractivity contribution in [2.24, 2.45) is 0 Å². The summed E-state index contributed by atoms with van der Waals surface area (Å²) in [6, 6.07) is 4.21. The maximum absolute atomic E-state index is 11.9. The summed E-state index contributed by atoms with van der Waals surface area (Å²) in [5.41, 5.74) is 2.88. The number of aromatic amines is 2. The lowest BCUT2D eigenvalue weighted by molar-refractivity contribution is -0.364. The van der Waals surface area contributed by atoms with Gasteiger partial charge < -0.3 is 0 Å². The van der Waals surface area contributed by atoms with Crippen LogP contribution in [0.5, 0.6) is 0 Å². The fraction of sp³-hybridized carbons (Fsp3) is 0.538. The first kappa shape index (κ1) is 11.9. The highest BCUT2D eigenvalue weighted by Crippen LogP contribution is 2.15. The molecule has 0 aliphatic rings. The van der Waals surface area contributed by atoms with Crippen LogP contribution in [0.25, 0.3) is 11.2 Å². The Labute approximate surface area is 101 Å². The van der Waals surface area contributed by atoms with Crippen molar-refractivity contribution in [3.8, 4) is 0 Å². The lowest BCUT2D eigenvalue weighted by Gasteiger charge is -2.05. The highest BCUT2D eigenvalue weighted by Gasteiger charge is 2.20. The molecule has 1 atom stereocenters. The van der Waals surface area contributed by atoms with Crippen LogP contribution in [0.3, 0.4) is 0 Å². The number of nitrogens with one attached hydrogen (secondary N) is 2. The molecule has 2 aromatic heterocycles. The summed E-state index contributed by atoms with van der Waals surface area (Å²) in [6.07, 6.45) is 0.937. The van der Waals surface area contributed by atoms with Crippen molar-refractivity contribution in [2.75, 3.05) is 0 Å². The Kier molecular flexibility index (Phi) is 3.05. The van der Waals surface area contributed by atoms with Gasteiger partial charge in [-0.3, -0.25) is 4.98 Å².